The van der Waals surface area contributed by atoms with Crippen LogP contribution in [0.1, 0.15) is 32.0 Å². The molecule has 102 valence electrons. The van der Waals surface area contributed by atoms with Crippen molar-refractivity contribution < 1.29 is 4.74 Å². The van der Waals surface area contributed by atoms with E-state index >= 15 is 0 Å². The van der Waals surface area contributed by atoms with Crippen molar-refractivity contribution in [3.63, 3.8) is 0 Å². The van der Waals surface area contributed by atoms with E-state index in [9.17, 15) is 0 Å². The third-order valence-corrected chi connectivity index (χ3v) is 2.54. The van der Waals surface area contributed by atoms with Crippen LogP contribution in [0.25, 0.3) is 0 Å². The van der Waals surface area contributed by atoms with Crippen molar-refractivity contribution in [2.75, 3.05) is 7.11 Å². The Labute approximate surface area is 108 Å². The van der Waals surface area contributed by atoms with Gasteiger partial charge >= 0.3 is 0 Å². The Morgan fingerprint density at radius 1 is 1.56 bits per heavy atom. The Morgan fingerprint density at radius 2 is 2.22 bits per heavy atom. The number of aromatic nitrogens is 2. The maximum absolute atomic E-state index is 5.78. The first-order valence-corrected chi connectivity index (χ1v) is 6.14. The molecule has 0 aliphatic heterocycles. The lowest BCUT2D eigenvalue weighted by Gasteiger charge is -2.09. The fourth-order valence-corrected chi connectivity index (χ4v) is 1.81. The summed E-state index contributed by atoms with van der Waals surface area (Å²) in [6.45, 7) is 6.57. The quantitative estimate of drug-likeness (QED) is 0.601. The first-order valence-electron chi connectivity index (χ1n) is 6.14. The molecule has 0 saturated heterocycles. The minimum absolute atomic E-state index is 0.273. The summed E-state index contributed by atoms with van der Waals surface area (Å²) < 4.78 is 7.07. The van der Waals surface area contributed by atoms with Crippen molar-refractivity contribution in [3.8, 4) is 5.88 Å². The maximum atomic E-state index is 5.78. The van der Waals surface area contributed by atoms with Crippen molar-refractivity contribution in [2.45, 2.75) is 39.8 Å². The van der Waals surface area contributed by atoms with Crippen molar-refractivity contribution in [1.82, 2.24) is 15.1 Å². The Bertz CT molecular complexity index is 422. The summed E-state index contributed by atoms with van der Waals surface area (Å²) >= 11 is 0. The van der Waals surface area contributed by atoms with E-state index in [4.69, 9.17) is 10.5 Å². The van der Waals surface area contributed by atoms with Gasteiger partial charge in [0.25, 0.3) is 0 Å². The number of nitrogens with one attached hydrogen (secondary N) is 1. The van der Waals surface area contributed by atoms with Crippen molar-refractivity contribution in [1.29, 1.82) is 0 Å². The normalized spacial score (nSPS) is 12.0. The molecule has 0 amide bonds. The molecule has 0 radical (unpaired) electrons. The predicted molar refractivity (Wildman–Crippen MR) is 72.7 cm³/mol. The lowest BCUT2D eigenvalue weighted by molar-refractivity contribution is 0.369. The number of aliphatic imine (C=N–C) groups is 1. The molecule has 0 aliphatic carbocycles. The monoisotopic (exact) mass is 253 g/mol. The van der Waals surface area contributed by atoms with Crippen LogP contribution in [0.4, 0.5) is 0 Å². The molecule has 0 fully saturated rings. The first-order chi connectivity index (χ1) is 8.49. The third-order valence-electron chi connectivity index (χ3n) is 2.54. The fourth-order valence-electron chi connectivity index (χ4n) is 1.81. The molecule has 0 atom stereocenters. The fraction of sp³-hybridized carbons (Fsp3) is 0.667. The zero-order valence-electron chi connectivity index (χ0n) is 11.8. The van der Waals surface area contributed by atoms with E-state index < -0.39 is 0 Å². The van der Waals surface area contributed by atoms with Crippen LogP contribution in [0.2, 0.25) is 0 Å². The number of hydrogen-bond donors (Lipinski definition) is 2. The topological polar surface area (TPSA) is 77.5 Å². The van der Waals surface area contributed by atoms with Crippen molar-refractivity contribution >= 4 is 5.96 Å². The van der Waals surface area contributed by atoms with Gasteiger partial charge in [0.15, 0.2) is 5.96 Å². The number of aryl methyl sites for hydroxylation is 2. The van der Waals surface area contributed by atoms with Crippen molar-refractivity contribution in [2.24, 2.45) is 17.8 Å². The zero-order valence-corrected chi connectivity index (χ0v) is 11.8. The summed E-state index contributed by atoms with van der Waals surface area (Å²) in [5.41, 5.74) is 7.78. The van der Waals surface area contributed by atoms with E-state index in [0.29, 0.717) is 12.5 Å². The van der Waals surface area contributed by atoms with Gasteiger partial charge in [-0.25, -0.2) is 9.67 Å². The maximum Gasteiger partial charge on any atom is 0.216 e. The number of rotatable bonds is 5. The van der Waals surface area contributed by atoms with Gasteiger partial charge in [0.2, 0.25) is 5.88 Å². The van der Waals surface area contributed by atoms with Crippen LogP contribution in [0.5, 0.6) is 5.88 Å². The Hall–Kier alpha value is -1.72. The largest absolute Gasteiger partial charge is 0.481 e. The van der Waals surface area contributed by atoms with E-state index in [2.05, 4.69) is 22.3 Å². The number of hydrogen-bond acceptors (Lipinski definition) is 3. The van der Waals surface area contributed by atoms with Gasteiger partial charge in [0, 0.05) is 13.1 Å². The molecule has 0 spiro atoms. The van der Waals surface area contributed by atoms with Crippen LogP contribution < -0.4 is 15.8 Å². The van der Waals surface area contributed by atoms with Crippen LogP contribution in [0, 0.1) is 0 Å². The molecule has 1 aromatic rings. The van der Waals surface area contributed by atoms with Crippen LogP contribution in [0.15, 0.2) is 4.99 Å². The van der Waals surface area contributed by atoms with Gasteiger partial charge in [-0.3, -0.25) is 0 Å². The summed E-state index contributed by atoms with van der Waals surface area (Å²) in [6, 6.07) is 0.273. The number of nitrogens with zero attached hydrogens (tertiary/aromatic N) is 3. The lowest BCUT2D eigenvalue weighted by atomic mass is 10.2. The molecule has 0 bridgehead atoms. The van der Waals surface area contributed by atoms with Gasteiger partial charge in [-0.15, -0.1) is 0 Å². The van der Waals surface area contributed by atoms with Gasteiger partial charge in [-0.1, -0.05) is 6.92 Å². The second-order valence-corrected chi connectivity index (χ2v) is 4.41. The lowest BCUT2D eigenvalue weighted by Crippen LogP contribution is -2.36. The molecule has 3 N–H and O–H groups in total. The average Bonchev–Trinajstić information content (AvgIpc) is 2.61. The molecule has 6 heteroatoms. The average molecular weight is 253 g/mol. The molecule has 1 rings (SSSR count). The highest BCUT2D eigenvalue weighted by molar-refractivity contribution is 5.78. The summed E-state index contributed by atoms with van der Waals surface area (Å²) in [6.07, 6.45) is 0.847. The molecule has 0 aromatic carbocycles. The number of methoxy groups -OCH3 is 1. The van der Waals surface area contributed by atoms with E-state index in [0.717, 1.165) is 23.6 Å². The number of guanidine groups is 1. The molecule has 1 aromatic heterocycles. The number of ether oxygens (including phenoxy) is 1. The molecular weight excluding hydrogens is 230 g/mol. The number of nitrogens with two attached hydrogens (primary N) is 1. The van der Waals surface area contributed by atoms with Crippen LogP contribution >= 0.6 is 0 Å². The van der Waals surface area contributed by atoms with Gasteiger partial charge in [0.1, 0.15) is 0 Å². The summed E-state index contributed by atoms with van der Waals surface area (Å²) in [7, 11) is 3.50. The molecule has 0 unspecified atom stereocenters. The van der Waals surface area contributed by atoms with Crippen LogP contribution in [0.3, 0.4) is 0 Å². The van der Waals surface area contributed by atoms with Gasteiger partial charge < -0.3 is 15.8 Å². The van der Waals surface area contributed by atoms with Gasteiger partial charge in [-0.05, 0) is 20.3 Å². The zero-order chi connectivity index (χ0) is 13.7. The van der Waals surface area contributed by atoms with Crippen LogP contribution in [-0.2, 0) is 20.0 Å². The highest BCUT2D eigenvalue weighted by Gasteiger charge is 2.15. The Balaban J connectivity index is 2.89. The van der Waals surface area contributed by atoms with Crippen molar-refractivity contribution in [3.05, 3.63) is 11.3 Å². The third kappa shape index (κ3) is 3.38. The molecule has 0 saturated carbocycles. The standard InChI is InChI=1S/C12H23N5O/c1-6-10-9(11(18-5)17(4)16-10)7-14-12(13)15-8(2)3/h8H,6-7H2,1-5H3,(H3,13,14,15). The van der Waals surface area contributed by atoms with E-state index in [1.165, 1.54) is 0 Å². The second-order valence-electron chi connectivity index (χ2n) is 4.41. The van der Waals surface area contributed by atoms with E-state index in [1.54, 1.807) is 11.8 Å². The molecule has 0 aliphatic rings. The minimum atomic E-state index is 0.273. The second kappa shape index (κ2) is 6.28. The highest BCUT2D eigenvalue weighted by Crippen LogP contribution is 2.22. The predicted octanol–water partition coefficient (Wildman–Crippen LogP) is 0.804. The highest BCUT2D eigenvalue weighted by atomic mass is 16.5. The minimum Gasteiger partial charge on any atom is -0.481 e. The molecular formula is C12H23N5O. The SMILES string of the molecule is CCc1nn(C)c(OC)c1CN=C(N)NC(C)C. The molecule has 18 heavy (non-hydrogen) atoms. The molecule has 6 nitrogen and oxygen atoms in total. The van der Waals surface area contributed by atoms with Gasteiger partial charge in [-0.2, -0.15) is 5.10 Å². The van der Waals surface area contributed by atoms with E-state index in [-0.39, 0.29) is 6.04 Å². The summed E-state index contributed by atoms with van der Waals surface area (Å²) in [5, 5.41) is 7.45. The first kappa shape index (κ1) is 14.3. The van der Waals surface area contributed by atoms with E-state index in [1.807, 2.05) is 20.9 Å². The molecule has 1 heterocycles. The van der Waals surface area contributed by atoms with Crippen LogP contribution in [-0.4, -0.2) is 28.9 Å². The summed E-state index contributed by atoms with van der Waals surface area (Å²) in [5.74, 6) is 1.19. The Morgan fingerprint density at radius 3 is 2.72 bits per heavy atom. The van der Waals surface area contributed by atoms with Gasteiger partial charge in [0.05, 0.1) is 24.9 Å². The Kier molecular flexibility index (Phi) is 5.00. The summed E-state index contributed by atoms with van der Waals surface area (Å²) in [4.78, 5) is 4.32. The smallest absolute Gasteiger partial charge is 0.216 e.